The summed E-state index contributed by atoms with van der Waals surface area (Å²) in [5.41, 5.74) is -0.109. The van der Waals surface area contributed by atoms with Gasteiger partial charge in [-0.3, -0.25) is 0 Å². The van der Waals surface area contributed by atoms with E-state index in [1.54, 1.807) is 37.0 Å². The van der Waals surface area contributed by atoms with Crippen molar-refractivity contribution in [1.29, 1.82) is 5.26 Å². The number of nitriles is 1. The van der Waals surface area contributed by atoms with Gasteiger partial charge in [-0.2, -0.15) is 5.26 Å². The van der Waals surface area contributed by atoms with Crippen molar-refractivity contribution in [2.24, 2.45) is 5.10 Å². The van der Waals surface area contributed by atoms with E-state index in [0.29, 0.717) is 5.75 Å². The first-order chi connectivity index (χ1) is 8.40. The Kier molecular flexibility index (Phi) is 3.37. The molecule has 0 saturated heterocycles. The largest absolute Gasteiger partial charge is 0.484 e. The van der Waals surface area contributed by atoms with Crippen LogP contribution in [0.5, 0.6) is 5.75 Å². The fraction of sp³-hybridized carbons (Fsp3) is 0.417. The summed E-state index contributed by atoms with van der Waals surface area (Å²) in [4.78, 5) is 0. The first-order valence-electron chi connectivity index (χ1n) is 5.45. The molecule has 6 heteroatoms. The zero-order chi connectivity index (χ0) is 13.3. The number of rotatable bonds is 3. The van der Waals surface area contributed by atoms with Crippen molar-refractivity contribution in [2.45, 2.75) is 25.4 Å². The first-order valence-corrected chi connectivity index (χ1v) is 6.24. The minimum Gasteiger partial charge on any atom is -0.484 e. The second-order valence-electron chi connectivity index (χ2n) is 4.73. The lowest BCUT2D eigenvalue weighted by atomic mass is 10.1. The third-order valence-corrected chi connectivity index (χ3v) is 3.01. The summed E-state index contributed by atoms with van der Waals surface area (Å²) in [5, 5.41) is 22.7. The molecule has 1 N–H and O–H groups in total. The van der Waals surface area contributed by atoms with E-state index in [2.05, 4.69) is 27.1 Å². The van der Waals surface area contributed by atoms with Gasteiger partial charge >= 0.3 is 0 Å². The molecule has 0 amide bonds. The average molecular weight is 311 g/mol. The Morgan fingerprint density at radius 2 is 2.39 bits per heavy atom. The highest BCUT2D eigenvalue weighted by atomic mass is 79.9. The molecule has 5 nitrogen and oxygen atoms in total. The Hall–Kier alpha value is -1.45. The van der Waals surface area contributed by atoms with Gasteiger partial charge in [0.15, 0.2) is 11.7 Å². The Bertz CT molecular complexity index is 543. The Labute approximate surface area is 113 Å². The zero-order valence-corrected chi connectivity index (χ0v) is 11.7. The van der Waals surface area contributed by atoms with E-state index < -0.39 is 5.60 Å². The van der Waals surface area contributed by atoms with Gasteiger partial charge < -0.3 is 9.84 Å². The maximum Gasteiger partial charge on any atom is 0.251 e. The number of ether oxygens (including phenoxy) is 1. The van der Waals surface area contributed by atoms with Crippen LogP contribution in [0.15, 0.2) is 21.8 Å². The highest BCUT2D eigenvalue weighted by Gasteiger charge is 2.31. The van der Waals surface area contributed by atoms with E-state index in [1.807, 2.05) is 0 Å². The van der Waals surface area contributed by atoms with E-state index in [4.69, 9.17) is 10.00 Å². The molecular formula is C12H13BrN3O2+. The van der Waals surface area contributed by atoms with Crippen LogP contribution in [-0.4, -0.2) is 23.5 Å². The van der Waals surface area contributed by atoms with Gasteiger partial charge in [0.25, 0.3) is 5.69 Å². The van der Waals surface area contributed by atoms with Gasteiger partial charge in [-0.15, -0.1) is 0 Å². The molecule has 1 unspecified atom stereocenters. The molecule has 0 bridgehead atoms. The summed E-state index contributed by atoms with van der Waals surface area (Å²) in [5.74, 6) is 0.242. The fourth-order valence-electron chi connectivity index (χ4n) is 1.56. The quantitative estimate of drug-likeness (QED) is 0.857. The predicted octanol–water partition coefficient (Wildman–Crippen LogP) is 1.34. The van der Waals surface area contributed by atoms with Crippen LogP contribution in [0.2, 0.25) is 0 Å². The lowest BCUT2D eigenvalue weighted by Gasteiger charge is -2.17. The molecule has 0 spiro atoms. The average Bonchev–Trinajstić information content (AvgIpc) is 2.69. The van der Waals surface area contributed by atoms with E-state index in [0.717, 1.165) is 10.2 Å². The van der Waals surface area contributed by atoms with Gasteiger partial charge in [0.05, 0.1) is 16.1 Å². The number of halogens is 1. The number of aliphatic hydroxyl groups is 1. The number of pyridine rings is 1. The van der Waals surface area contributed by atoms with E-state index in [-0.39, 0.29) is 12.5 Å². The molecule has 1 aliphatic heterocycles. The standard InChI is InChI=1S/C12H13BrN3O2/c1-12(2,17)7-18-9-3-10(13)11-8(4-14)5-15-16(11)6-9/h3,5-6,8,17H,7H2,1-2H3/q+1. The van der Waals surface area contributed by atoms with Crippen LogP contribution < -0.4 is 9.41 Å². The third-order valence-electron chi connectivity index (χ3n) is 2.38. The smallest absolute Gasteiger partial charge is 0.251 e. The van der Waals surface area contributed by atoms with E-state index in [9.17, 15) is 5.11 Å². The molecule has 0 aromatic carbocycles. The number of aromatic nitrogens is 1. The molecule has 94 valence electrons. The van der Waals surface area contributed by atoms with Crippen LogP contribution in [0.3, 0.4) is 0 Å². The van der Waals surface area contributed by atoms with Crippen LogP contribution in [-0.2, 0) is 0 Å². The number of fused-ring (bicyclic) bond motifs is 1. The molecule has 1 aliphatic rings. The second-order valence-corrected chi connectivity index (χ2v) is 5.58. The van der Waals surface area contributed by atoms with Crippen molar-refractivity contribution >= 4 is 22.1 Å². The van der Waals surface area contributed by atoms with E-state index in [1.165, 1.54) is 0 Å². The molecule has 2 heterocycles. The molecule has 0 aliphatic carbocycles. The van der Waals surface area contributed by atoms with Gasteiger partial charge in [-0.1, -0.05) is 4.68 Å². The SMILES string of the molecule is CC(C)(O)COc1cc(Br)c2[n+](c1)N=CC2C#N. The van der Waals surface area contributed by atoms with Crippen molar-refractivity contribution in [1.82, 2.24) is 0 Å². The van der Waals surface area contributed by atoms with Crippen molar-refractivity contribution in [3.63, 3.8) is 0 Å². The molecular weight excluding hydrogens is 298 g/mol. The van der Waals surface area contributed by atoms with Crippen LogP contribution in [0.4, 0.5) is 0 Å². The second kappa shape index (κ2) is 4.67. The van der Waals surface area contributed by atoms with Crippen LogP contribution in [0.1, 0.15) is 25.5 Å². The highest BCUT2D eigenvalue weighted by molar-refractivity contribution is 9.10. The molecule has 18 heavy (non-hydrogen) atoms. The van der Waals surface area contributed by atoms with Crippen LogP contribution >= 0.6 is 15.9 Å². The minimum absolute atomic E-state index is 0.185. The van der Waals surface area contributed by atoms with Crippen molar-refractivity contribution in [2.75, 3.05) is 6.61 Å². The number of hydrogen-bond donors (Lipinski definition) is 1. The fourth-order valence-corrected chi connectivity index (χ4v) is 2.22. The maximum absolute atomic E-state index is 9.61. The summed E-state index contributed by atoms with van der Waals surface area (Å²) < 4.78 is 7.86. The zero-order valence-electron chi connectivity index (χ0n) is 10.1. The summed E-state index contributed by atoms with van der Waals surface area (Å²) in [6, 6.07) is 3.93. The lowest BCUT2D eigenvalue weighted by molar-refractivity contribution is -0.681. The van der Waals surface area contributed by atoms with Gasteiger partial charge in [0.1, 0.15) is 12.8 Å². The molecule has 1 aromatic rings. The van der Waals surface area contributed by atoms with Crippen LogP contribution in [0, 0.1) is 11.3 Å². The summed E-state index contributed by atoms with van der Waals surface area (Å²) in [6.07, 6.45) is 3.28. The molecule has 0 radical (unpaired) electrons. The maximum atomic E-state index is 9.61. The van der Waals surface area contributed by atoms with Gasteiger partial charge in [-0.05, 0) is 34.9 Å². The molecule has 0 fully saturated rings. The normalized spacial score (nSPS) is 17.4. The molecule has 1 aromatic heterocycles. The molecule has 0 saturated carbocycles. The summed E-state index contributed by atoms with van der Waals surface area (Å²) in [6.45, 7) is 3.53. The predicted molar refractivity (Wildman–Crippen MR) is 68.4 cm³/mol. The highest BCUT2D eigenvalue weighted by Crippen LogP contribution is 2.27. The number of hydrogen-bond acceptors (Lipinski definition) is 4. The van der Waals surface area contributed by atoms with Gasteiger partial charge in [0, 0.05) is 6.07 Å². The van der Waals surface area contributed by atoms with E-state index >= 15 is 0 Å². The summed E-state index contributed by atoms with van der Waals surface area (Å²) >= 11 is 3.41. The Morgan fingerprint density at radius 1 is 1.67 bits per heavy atom. The van der Waals surface area contributed by atoms with Crippen molar-refractivity contribution < 1.29 is 14.5 Å². The van der Waals surface area contributed by atoms with Gasteiger partial charge in [-0.25, -0.2) is 0 Å². The Balaban J connectivity index is 2.25. The lowest BCUT2D eigenvalue weighted by Crippen LogP contribution is -2.32. The minimum atomic E-state index is -0.894. The molecule has 1 atom stereocenters. The number of nitrogens with zero attached hydrogens (tertiary/aromatic N) is 3. The Morgan fingerprint density at radius 3 is 3.00 bits per heavy atom. The topological polar surface area (TPSA) is 69.5 Å². The monoisotopic (exact) mass is 310 g/mol. The first kappa shape index (κ1) is 13.0. The van der Waals surface area contributed by atoms with Crippen molar-refractivity contribution in [3.05, 3.63) is 22.4 Å². The van der Waals surface area contributed by atoms with Crippen LogP contribution in [0.25, 0.3) is 0 Å². The van der Waals surface area contributed by atoms with Crippen molar-refractivity contribution in [3.8, 4) is 11.8 Å². The third kappa shape index (κ3) is 2.68. The van der Waals surface area contributed by atoms with Gasteiger partial charge in [0.2, 0.25) is 6.20 Å². The molecule has 2 rings (SSSR count). The summed E-state index contributed by atoms with van der Waals surface area (Å²) in [7, 11) is 0.